The molecule has 0 aliphatic heterocycles. The van der Waals surface area contributed by atoms with Crippen LogP contribution < -0.4 is 4.84 Å². The van der Waals surface area contributed by atoms with Crippen LogP contribution in [0.2, 0.25) is 0 Å². The van der Waals surface area contributed by atoms with Crippen molar-refractivity contribution in [2.24, 2.45) is 5.28 Å². The molecule has 0 heterocycles. The zero-order valence-corrected chi connectivity index (χ0v) is 8.47. The molecule has 0 spiro atoms. The third-order valence-corrected chi connectivity index (χ3v) is 1.60. The molecule has 0 radical (unpaired) electrons. The van der Waals surface area contributed by atoms with Gasteiger partial charge in [-0.05, 0) is 6.07 Å². The van der Waals surface area contributed by atoms with Gasteiger partial charge in [-0.1, -0.05) is 4.86 Å². The van der Waals surface area contributed by atoms with E-state index in [2.05, 4.69) is 10.1 Å². The molecule has 0 saturated heterocycles. The highest BCUT2D eigenvalue weighted by Gasteiger charge is 2.21. The van der Waals surface area contributed by atoms with Crippen LogP contribution in [-0.4, -0.2) is 21.8 Å². The van der Waals surface area contributed by atoms with Crippen molar-refractivity contribution in [3.8, 4) is 5.75 Å². The zero-order valence-electron chi connectivity index (χ0n) is 8.47. The van der Waals surface area contributed by atoms with E-state index in [0.29, 0.717) is 0 Å². The van der Waals surface area contributed by atoms with Crippen molar-refractivity contribution in [2.45, 2.75) is 0 Å². The van der Waals surface area contributed by atoms with Gasteiger partial charge in [-0.25, -0.2) is 0 Å². The summed E-state index contributed by atoms with van der Waals surface area (Å²) >= 11 is 0. The van der Waals surface area contributed by atoms with E-state index in [1.165, 1.54) is 0 Å². The summed E-state index contributed by atoms with van der Waals surface area (Å²) in [6, 6.07) is 2.71. The molecule has 0 aliphatic rings. The molecular weight excluding hydrogens is 236 g/mol. The summed E-state index contributed by atoms with van der Waals surface area (Å²) in [6.07, 6.45) is 0. The third-order valence-electron chi connectivity index (χ3n) is 1.60. The lowest BCUT2D eigenvalue weighted by Crippen LogP contribution is -1.98. The Kier molecular flexibility index (Phi) is 3.49. The maximum absolute atomic E-state index is 10.6. The molecule has 0 amide bonds. The molecule has 1 aromatic carbocycles. The van der Waals surface area contributed by atoms with Crippen molar-refractivity contribution in [1.29, 1.82) is 0 Å². The maximum atomic E-state index is 10.6. The van der Waals surface area contributed by atoms with Crippen LogP contribution in [-0.2, 0) is 0 Å². The number of hydrogen-bond donors (Lipinski definition) is 0. The summed E-state index contributed by atoms with van der Waals surface area (Å²) in [5.74, 6) is -0.358. The van der Waals surface area contributed by atoms with Crippen LogP contribution >= 0.6 is 0 Å². The molecule has 0 fully saturated rings. The quantitative estimate of drug-likeness (QED) is 0.339. The highest BCUT2D eigenvalue weighted by atomic mass is 16.7. The summed E-state index contributed by atoms with van der Waals surface area (Å²) in [7, 11) is 1.01. The Morgan fingerprint density at radius 1 is 1.18 bits per heavy atom. The highest BCUT2D eigenvalue weighted by Crippen LogP contribution is 2.30. The minimum atomic E-state index is -0.872. The highest BCUT2D eigenvalue weighted by molar-refractivity contribution is 5.53. The summed E-state index contributed by atoms with van der Waals surface area (Å²) < 4.78 is 0. The molecule has 0 saturated carbocycles. The molecule has 0 bridgehead atoms. The van der Waals surface area contributed by atoms with Crippen molar-refractivity contribution in [1.82, 2.24) is 0 Å². The number of nitrogens with zero attached hydrogens (tertiary/aromatic N) is 4. The number of non-ortho nitro benzene ring substituents is 1. The predicted octanol–water partition coefficient (Wildman–Crippen LogP) is 1.39. The van der Waals surface area contributed by atoms with E-state index < -0.39 is 21.2 Å². The number of rotatable bonds is 4. The molecule has 10 heteroatoms. The second-order valence-corrected chi connectivity index (χ2v) is 2.80. The molecule has 1 aromatic rings. The molecular formula is C7H6N4O6. The summed E-state index contributed by atoms with van der Waals surface area (Å²) in [4.78, 5) is 23.9. The number of nitro groups is 2. The van der Waals surface area contributed by atoms with E-state index in [1.54, 1.807) is 0 Å². The second-order valence-electron chi connectivity index (χ2n) is 2.80. The predicted molar refractivity (Wildman–Crippen MR) is 52.4 cm³/mol. The van der Waals surface area contributed by atoms with Crippen molar-refractivity contribution < 1.29 is 19.5 Å². The van der Waals surface area contributed by atoms with Gasteiger partial charge in [0.2, 0.25) is 11.0 Å². The lowest BCUT2D eigenvalue weighted by molar-refractivity contribution is -0.523. The first kappa shape index (κ1) is 12.3. The van der Waals surface area contributed by atoms with Gasteiger partial charge in [-0.15, -0.1) is 0 Å². The molecule has 0 aromatic heterocycles. The number of nitro benzene ring substituents is 2. The maximum Gasteiger partial charge on any atom is 0.321 e. The molecule has 17 heavy (non-hydrogen) atoms. The summed E-state index contributed by atoms with van der Waals surface area (Å²) in [5.41, 5.74) is -1.11. The molecule has 0 unspecified atom stereocenters. The van der Waals surface area contributed by atoms with Crippen LogP contribution in [0.15, 0.2) is 23.5 Å². The van der Waals surface area contributed by atoms with Crippen LogP contribution in [0.3, 0.4) is 0 Å². The fraction of sp³-hybridized carbons (Fsp3) is 0.143. The number of hydroxylamine groups is 1. The average molecular weight is 242 g/mol. The first-order valence-electron chi connectivity index (χ1n) is 4.13. The van der Waals surface area contributed by atoms with Gasteiger partial charge in [-0.2, -0.15) is 0 Å². The Morgan fingerprint density at radius 3 is 2.29 bits per heavy atom. The Bertz CT molecular complexity index is 495. The fourth-order valence-corrected chi connectivity index (χ4v) is 0.941. The van der Waals surface area contributed by atoms with Crippen LogP contribution in [0.4, 0.5) is 11.4 Å². The lowest BCUT2D eigenvalue weighted by atomic mass is 10.2. The summed E-state index contributed by atoms with van der Waals surface area (Å²) in [6.45, 7) is 0. The van der Waals surface area contributed by atoms with Gasteiger partial charge in [0.15, 0.2) is 7.05 Å². The standard InChI is InChI=1S/C7H6N4O6/c1-9(12)8-17-7-3-2-5(10(13)14)4-6(7)11(15)16/h2-4H,1H3/b9-8+. The minimum Gasteiger partial charge on any atom is -0.598 e. The first-order chi connectivity index (χ1) is 7.91. The van der Waals surface area contributed by atoms with E-state index in [9.17, 15) is 25.4 Å². The molecule has 0 aliphatic carbocycles. The largest absolute Gasteiger partial charge is 0.598 e. The van der Waals surface area contributed by atoms with Gasteiger partial charge in [0.05, 0.1) is 15.9 Å². The lowest BCUT2D eigenvalue weighted by Gasteiger charge is -1.98. The third kappa shape index (κ3) is 3.09. The van der Waals surface area contributed by atoms with Crippen molar-refractivity contribution in [3.63, 3.8) is 0 Å². The normalized spacial score (nSPS) is 11.0. The van der Waals surface area contributed by atoms with Gasteiger partial charge in [0.25, 0.3) is 5.69 Å². The van der Waals surface area contributed by atoms with Crippen LogP contribution in [0.25, 0.3) is 0 Å². The van der Waals surface area contributed by atoms with E-state index >= 15 is 0 Å². The molecule has 90 valence electrons. The first-order valence-corrected chi connectivity index (χ1v) is 4.13. The van der Waals surface area contributed by atoms with Crippen LogP contribution in [0.1, 0.15) is 0 Å². The Hall–Kier alpha value is -2.78. The smallest absolute Gasteiger partial charge is 0.321 e. The van der Waals surface area contributed by atoms with Gasteiger partial charge in [-0.3, -0.25) is 25.1 Å². The fourth-order valence-electron chi connectivity index (χ4n) is 0.941. The monoisotopic (exact) mass is 242 g/mol. The van der Waals surface area contributed by atoms with Gasteiger partial charge in [0.1, 0.15) is 0 Å². The molecule has 10 nitrogen and oxygen atoms in total. The topological polar surface area (TPSA) is 134 Å². The van der Waals surface area contributed by atoms with E-state index in [-0.39, 0.29) is 10.6 Å². The zero-order chi connectivity index (χ0) is 13.0. The average Bonchev–Trinajstić information content (AvgIpc) is 2.25. The van der Waals surface area contributed by atoms with Crippen molar-refractivity contribution in [3.05, 3.63) is 43.6 Å². The van der Waals surface area contributed by atoms with Gasteiger partial charge < -0.3 is 5.21 Å². The van der Waals surface area contributed by atoms with Crippen LogP contribution in [0.5, 0.6) is 5.75 Å². The minimum absolute atomic E-state index is 0.0468. The van der Waals surface area contributed by atoms with Crippen molar-refractivity contribution >= 4 is 11.4 Å². The Morgan fingerprint density at radius 2 is 1.82 bits per heavy atom. The Balaban J connectivity index is 3.18. The molecule has 0 atom stereocenters. The molecule has 1 rings (SSSR count). The number of hydrogen-bond acceptors (Lipinski definition) is 7. The van der Waals surface area contributed by atoms with Gasteiger partial charge in [0, 0.05) is 6.07 Å². The number of benzene rings is 1. The van der Waals surface area contributed by atoms with E-state index in [0.717, 1.165) is 25.2 Å². The SMILES string of the molecule is C/[N+]([O-])=N\Oc1ccc([N+](=O)[O-])cc1[N+](=O)[O-]. The van der Waals surface area contributed by atoms with E-state index in [4.69, 9.17) is 0 Å². The molecule has 0 N–H and O–H groups in total. The summed E-state index contributed by atoms with van der Waals surface area (Å²) in [5, 5.41) is 34.4. The van der Waals surface area contributed by atoms with Gasteiger partial charge >= 0.3 is 5.69 Å². The van der Waals surface area contributed by atoms with Crippen LogP contribution in [0, 0.1) is 25.4 Å². The van der Waals surface area contributed by atoms with E-state index in [1.807, 2.05) is 0 Å². The second kappa shape index (κ2) is 4.83. The van der Waals surface area contributed by atoms with Crippen molar-refractivity contribution in [2.75, 3.05) is 7.05 Å². The Labute approximate surface area is 93.6 Å².